The summed E-state index contributed by atoms with van der Waals surface area (Å²) >= 11 is 0. The van der Waals surface area contributed by atoms with E-state index >= 15 is 0 Å². The number of methoxy groups -OCH3 is 1. The second-order valence-corrected chi connectivity index (χ2v) is 3.94. The molecule has 1 heterocycles. The van der Waals surface area contributed by atoms with E-state index in [2.05, 4.69) is 4.98 Å². The monoisotopic (exact) mass is 207 g/mol. The molecular weight excluding hydrogens is 190 g/mol. The Morgan fingerprint density at radius 3 is 2.53 bits per heavy atom. The van der Waals surface area contributed by atoms with Gasteiger partial charge in [-0.2, -0.15) is 0 Å². The minimum Gasteiger partial charge on any atom is -0.481 e. The minimum atomic E-state index is -0.139. The molecule has 1 aromatic heterocycles. The number of ether oxygens (including phenoxy) is 1. The average Bonchev–Trinajstić information content (AvgIpc) is 2.17. The molecule has 0 N–H and O–H groups in total. The Morgan fingerprint density at radius 1 is 1.40 bits per heavy atom. The van der Waals surface area contributed by atoms with Crippen LogP contribution in [0.4, 0.5) is 0 Å². The molecule has 82 valence electrons. The molecule has 15 heavy (non-hydrogen) atoms. The minimum absolute atomic E-state index is 0.139. The van der Waals surface area contributed by atoms with Gasteiger partial charge in [0.05, 0.1) is 18.7 Å². The van der Waals surface area contributed by atoms with Crippen molar-refractivity contribution < 1.29 is 9.53 Å². The molecule has 0 aromatic carbocycles. The van der Waals surface area contributed by atoms with Crippen LogP contribution < -0.4 is 4.74 Å². The average molecular weight is 207 g/mol. The summed E-state index contributed by atoms with van der Waals surface area (Å²) < 4.78 is 5.04. The summed E-state index contributed by atoms with van der Waals surface area (Å²) in [6.45, 7) is 5.65. The number of rotatable bonds is 4. The highest BCUT2D eigenvalue weighted by atomic mass is 16.5. The number of carbonyl (C=O) groups is 1. The van der Waals surface area contributed by atoms with Gasteiger partial charge in [0.2, 0.25) is 5.88 Å². The zero-order valence-electron chi connectivity index (χ0n) is 9.65. The van der Waals surface area contributed by atoms with Gasteiger partial charge in [0.1, 0.15) is 5.78 Å². The van der Waals surface area contributed by atoms with Crippen molar-refractivity contribution in [2.45, 2.75) is 26.7 Å². The van der Waals surface area contributed by atoms with Gasteiger partial charge in [-0.1, -0.05) is 19.9 Å². The van der Waals surface area contributed by atoms with Crippen molar-refractivity contribution in [1.29, 1.82) is 0 Å². The molecule has 1 aromatic rings. The van der Waals surface area contributed by atoms with E-state index in [4.69, 9.17) is 4.74 Å². The molecule has 3 nitrogen and oxygen atoms in total. The lowest BCUT2D eigenvalue weighted by atomic mass is 9.89. The molecule has 0 saturated carbocycles. The van der Waals surface area contributed by atoms with Crippen molar-refractivity contribution >= 4 is 5.78 Å². The Balaban J connectivity index is 3.05. The smallest absolute Gasteiger partial charge is 0.213 e. The SMILES string of the molecule is COc1cccc(C(C(C)=O)C(C)C)n1. The number of nitrogens with zero attached hydrogens (tertiary/aromatic N) is 1. The second kappa shape index (κ2) is 4.91. The van der Waals surface area contributed by atoms with Crippen molar-refractivity contribution in [3.63, 3.8) is 0 Å². The maximum Gasteiger partial charge on any atom is 0.213 e. The van der Waals surface area contributed by atoms with Crippen LogP contribution in [0, 0.1) is 5.92 Å². The van der Waals surface area contributed by atoms with Gasteiger partial charge in [-0.3, -0.25) is 4.79 Å². The first-order chi connectivity index (χ1) is 7.06. The summed E-state index contributed by atoms with van der Waals surface area (Å²) in [7, 11) is 1.57. The van der Waals surface area contributed by atoms with E-state index in [1.807, 2.05) is 26.0 Å². The fourth-order valence-electron chi connectivity index (χ4n) is 1.74. The van der Waals surface area contributed by atoms with E-state index in [9.17, 15) is 4.79 Å². The number of aromatic nitrogens is 1. The second-order valence-electron chi connectivity index (χ2n) is 3.94. The van der Waals surface area contributed by atoms with E-state index in [-0.39, 0.29) is 17.6 Å². The van der Waals surface area contributed by atoms with Gasteiger partial charge >= 0.3 is 0 Å². The Hall–Kier alpha value is -1.38. The summed E-state index contributed by atoms with van der Waals surface area (Å²) in [4.78, 5) is 15.8. The molecule has 0 saturated heterocycles. The Bertz CT molecular complexity index is 347. The van der Waals surface area contributed by atoms with Gasteiger partial charge < -0.3 is 4.74 Å². The van der Waals surface area contributed by atoms with Gasteiger partial charge in [0.15, 0.2) is 0 Å². The molecule has 0 aliphatic heterocycles. The zero-order valence-corrected chi connectivity index (χ0v) is 9.65. The number of hydrogen-bond acceptors (Lipinski definition) is 3. The maximum atomic E-state index is 11.5. The van der Waals surface area contributed by atoms with Crippen molar-refractivity contribution in [1.82, 2.24) is 4.98 Å². The van der Waals surface area contributed by atoms with E-state index < -0.39 is 0 Å². The number of Topliss-reactive ketones (excluding diaryl/α,β-unsaturated/α-hetero) is 1. The van der Waals surface area contributed by atoms with Crippen molar-refractivity contribution in [3.05, 3.63) is 23.9 Å². The standard InChI is InChI=1S/C12H17NO2/c1-8(2)12(9(3)14)10-6-5-7-11(13-10)15-4/h5-8,12H,1-4H3. The lowest BCUT2D eigenvalue weighted by Crippen LogP contribution is -2.16. The van der Waals surface area contributed by atoms with Crippen LogP contribution in [0.1, 0.15) is 32.4 Å². The number of ketones is 1. The highest BCUT2D eigenvalue weighted by Crippen LogP contribution is 2.25. The third kappa shape index (κ3) is 2.78. The lowest BCUT2D eigenvalue weighted by molar-refractivity contribution is -0.119. The molecular formula is C12H17NO2. The van der Waals surface area contributed by atoms with Gasteiger partial charge in [0.25, 0.3) is 0 Å². The van der Waals surface area contributed by atoms with Crippen LogP contribution in [-0.4, -0.2) is 17.9 Å². The molecule has 1 unspecified atom stereocenters. The first kappa shape index (κ1) is 11.7. The third-order valence-corrected chi connectivity index (χ3v) is 2.38. The predicted molar refractivity (Wildman–Crippen MR) is 59.0 cm³/mol. The molecule has 0 aliphatic rings. The molecule has 1 atom stereocenters. The van der Waals surface area contributed by atoms with Gasteiger partial charge in [0, 0.05) is 6.07 Å². The Morgan fingerprint density at radius 2 is 2.07 bits per heavy atom. The molecule has 3 heteroatoms. The molecule has 0 amide bonds. The largest absolute Gasteiger partial charge is 0.481 e. The fraction of sp³-hybridized carbons (Fsp3) is 0.500. The molecule has 0 aliphatic carbocycles. The lowest BCUT2D eigenvalue weighted by Gasteiger charge is -2.17. The third-order valence-electron chi connectivity index (χ3n) is 2.38. The summed E-state index contributed by atoms with van der Waals surface area (Å²) in [6, 6.07) is 5.51. The van der Waals surface area contributed by atoms with Gasteiger partial charge in [-0.15, -0.1) is 0 Å². The van der Waals surface area contributed by atoms with Crippen LogP contribution in [0.15, 0.2) is 18.2 Å². The van der Waals surface area contributed by atoms with Gasteiger partial charge in [-0.05, 0) is 18.9 Å². The summed E-state index contributed by atoms with van der Waals surface area (Å²) in [6.07, 6.45) is 0. The Labute approximate surface area is 90.5 Å². The zero-order chi connectivity index (χ0) is 11.4. The van der Waals surface area contributed by atoms with Crippen molar-refractivity contribution in [3.8, 4) is 5.88 Å². The Kier molecular flexibility index (Phi) is 3.83. The van der Waals surface area contributed by atoms with Crippen LogP contribution >= 0.6 is 0 Å². The summed E-state index contributed by atoms with van der Waals surface area (Å²) in [5, 5.41) is 0. The van der Waals surface area contributed by atoms with Crippen LogP contribution in [0.5, 0.6) is 5.88 Å². The molecule has 0 fully saturated rings. The topological polar surface area (TPSA) is 39.2 Å². The normalized spacial score (nSPS) is 12.6. The van der Waals surface area contributed by atoms with Crippen LogP contribution in [-0.2, 0) is 4.79 Å². The van der Waals surface area contributed by atoms with Crippen LogP contribution in [0.25, 0.3) is 0 Å². The van der Waals surface area contributed by atoms with E-state index in [0.29, 0.717) is 5.88 Å². The first-order valence-electron chi connectivity index (χ1n) is 5.07. The quantitative estimate of drug-likeness (QED) is 0.761. The molecule has 0 radical (unpaired) electrons. The van der Waals surface area contributed by atoms with Crippen LogP contribution in [0.2, 0.25) is 0 Å². The molecule has 0 spiro atoms. The number of pyridine rings is 1. The number of carbonyl (C=O) groups excluding carboxylic acids is 1. The summed E-state index contributed by atoms with van der Waals surface area (Å²) in [5.41, 5.74) is 0.789. The van der Waals surface area contributed by atoms with E-state index in [0.717, 1.165) is 5.69 Å². The molecule has 0 bridgehead atoms. The van der Waals surface area contributed by atoms with E-state index in [1.165, 1.54) is 0 Å². The molecule has 1 rings (SSSR count). The maximum absolute atomic E-state index is 11.5. The number of hydrogen-bond donors (Lipinski definition) is 0. The fourth-order valence-corrected chi connectivity index (χ4v) is 1.74. The van der Waals surface area contributed by atoms with Crippen LogP contribution in [0.3, 0.4) is 0 Å². The van der Waals surface area contributed by atoms with Gasteiger partial charge in [-0.25, -0.2) is 4.98 Å². The van der Waals surface area contributed by atoms with Crippen molar-refractivity contribution in [2.24, 2.45) is 5.92 Å². The summed E-state index contributed by atoms with van der Waals surface area (Å²) in [5.74, 6) is 0.812. The highest BCUT2D eigenvalue weighted by Gasteiger charge is 2.22. The predicted octanol–water partition coefficient (Wildman–Crippen LogP) is 2.42. The van der Waals surface area contributed by atoms with Crippen molar-refractivity contribution in [2.75, 3.05) is 7.11 Å². The highest BCUT2D eigenvalue weighted by molar-refractivity contribution is 5.83. The first-order valence-corrected chi connectivity index (χ1v) is 5.07. The van der Waals surface area contributed by atoms with E-state index in [1.54, 1.807) is 20.1 Å².